The Morgan fingerprint density at radius 1 is 1.31 bits per heavy atom. The number of aromatic nitrogens is 3. The van der Waals surface area contributed by atoms with Crippen LogP contribution in [0.5, 0.6) is 5.75 Å². The van der Waals surface area contributed by atoms with Crippen LogP contribution in [0.15, 0.2) is 34.1 Å². The summed E-state index contributed by atoms with van der Waals surface area (Å²) >= 11 is 1.55. The minimum atomic E-state index is -1.01. The van der Waals surface area contributed by atoms with Crippen LogP contribution in [0.3, 0.4) is 0 Å². The number of methoxy groups -OCH3 is 1. The lowest BCUT2D eigenvalue weighted by Crippen LogP contribution is -2.54. The summed E-state index contributed by atoms with van der Waals surface area (Å²) in [7, 11) is 1.61. The zero-order valence-corrected chi connectivity index (χ0v) is 19.3. The van der Waals surface area contributed by atoms with Gasteiger partial charge >= 0.3 is 0 Å². The molecule has 4 unspecified atom stereocenters. The molecule has 1 aliphatic rings. The van der Waals surface area contributed by atoms with Crippen LogP contribution in [0.1, 0.15) is 66.1 Å². The van der Waals surface area contributed by atoms with Gasteiger partial charge in [-0.3, -0.25) is 4.79 Å². The molecule has 0 radical (unpaired) electrons. The smallest absolute Gasteiger partial charge is 0.235 e. The summed E-state index contributed by atoms with van der Waals surface area (Å²) in [5.74, 6) is -0.359. The molecule has 9 heteroatoms. The highest BCUT2D eigenvalue weighted by Gasteiger charge is 2.47. The molecule has 0 spiro atoms. The first-order chi connectivity index (χ1) is 15.5. The van der Waals surface area contributed by atoms with Gasteiger partial charge in [-0.25, -0.2) is 4.98 Å². The van der Waals surface area contributed by atoms with Crippen molar-refractivity contribution in [3.8, 4) is 5.75 Å². The number of nitrogens with zero attached hydrogens (tertiary/aromatic N) is 3. The van der Waals surface area contributed by atoms with Crippen molar-refractivity contribution in [3.05, 3.63) is 57.7 Å². The molecule has 0 bridgehead atoms. The first-order valence-electron chi connectivity index (χ1n) is 10.9. The number of hydrogen-bond acceptors (Lipinski definition) is 8. The monoisotopic (exact) mass is 456 g/mol. The predicted molar refractivity (Wildman–Crippen MR) is 120 cm³/mol. The molecule has 0 aliphatic carbocycles. The maximum Gasteiger partial charge on any atom is 0.235 e. The third-order valence-corrected chi connectivity index (χ3v) is 6.67. The molecule has 2 N–H and O–H groups in total. The molecule has 1 fully saturated rings. The van der Waals surface area contributed by atoms with Crippen molar-refractivity contribution < 1.29 is 19.1 Å². The summed E-state index contributed by atoms with van der Waals surface area (Å²) in [4.78, 5) is 17.4. The number of benzene rings is 1. The van der Waals surface area contributed by atoms with E-state index in [4.69, 9.17) is 9.15 Å². The number of aryl methyl sites for hydroxylation is 1. The van der Waals surface area contributed by atoms with Gasteiger partial charge in [-0.05, 0) is 31.0 Å². The molecule has 8 nitrogen and oxygen atoms in total. The number of carbonyl (C=O) groups is 1. The summed E-state index contributed by atoms with van der Waals surface area (Å²) in [6.45, 7) is 4.04. The number of hydrogen-bond donors (Lipinski definition) is 2. The minimum absolute atomic E-state index is 0.124. The Kier molecular flexibility index (Phi) is 6.86. The van der Waals surface area contributed by atoms with Crippen molar-refractivity contribution >= 4 is 17.2 Å². The van der Waals surface area contributed by atoms with Gasteiger partial charge in [0.05, 0.1) is 30.3 Å². The highest BCUT2D eigenvalue weighted by atomic mass is 32.1. The van der Waals surface area contributed by atoms with E-state index in [0.717, 1.165) is 35.5 Å². The second kappa shape index (κ2) is 9.79. The molecule has 3 heterocycles. The molecule has 1 saturated heterocycles. The molecule has 4 rings (SSSR count). The molecule has 0 saturated carbocycles. The van der Waals surface area contributed by atoms with Crippen LogP contribution in [-0.4, -0.2) is 45.5 Å². The quantitative estimate of drug-likeness (QED) is 0.535. The number of thiazole rings is 1. The van der Waals surface area contributed by atoms with Gasteiger partial charge in [0, 0.05) is 17.3 Å². The number of amides is 1. The lowest BCUT2D eigenvalue weighted by molar-refractivity contribution is -0.131. The standard InChI is InChI=1S/C23H28N4O4S/c1-4-5-9-17-19(14-7-6-8-16(10-14)30-3)21(28)20(22(29)25-17)23-27-26-18(31-23)11-15-12-32-13(2)24-15/h6-8,10,12,17,19-21,28H,4-5,9,11H2,1-3H3,(H,25,29). The molecular formula is C23H28N4O4S. The fraction of sp³-hybridized carbons (Fsp3) is 0.478. The molecule has 1 aromatic carbocycles. The molecule has 3 aromatic rings. The average Bonchev–Trinajstić information content (AvgIpc) is 3.41. The Balaban J connectivity index is 1.62. The molecule has 170 valence electrons. The van der Waals surface area contributed by atoms with Crippen LogP contribution >= 0.6 is 11.3 Å². The van der Waals surface area contributed by atoms with Crippen molar-refractivity contribution in [1.82, 2.24) is 20.5 Å². The Labute approximate surface area is 191 Å². The van der Waals surface area contributed by atoms with E-state index in [1.807, 2.05) is 36.6 Å². The van der Waals surface area contributed by atoms with Crippen molar-refractivity contribution in [2.45, 2.75) is 63.5 Å². The molecule has 4 atom stereocenters. The van der Waals surface area contributed by atoms with Gasteiger partial charge in [0.2, 0.25) is 17.7 Å². The zero-order chi connectivity index (χ0) is 22.7. The Bertz CT molecular complexity index is 1070. The van der Waals surface area contributed by atoms with Gasteiger partial charge < -0.3 is 19.6 Å². The Morgan fingerprint density at radius 2 is 2.16 bits per heavy atom. The fourth-order valence-corrected chi connectivity index (χ4v) is 4.90. The van der Waals surface area contributed by atoms with Crippen LogP contribution in [0.2, 0.25) is 0 Å². The van der Waals surface area contributed by atoms with Crippen molar-refractivity contribution in [2.24, 2.45) is 0 Å². The fourth-order valence-electron chi connectivity index (χ4n) is 4.28. The summed E-state index contributed by atoms with van der Waals surface area (Å²) in [5.41, 5.74) is 1.74. The second-order valence-electron chi connectivity index (χ2n) is 8.10. The average molecular weight is 457 g/mol. The third-order valence-electron chi connectivity index (χ3n) is 5.85. The summed E-state index contributed by atoms with van der Waals surface area (Å²) in [6.07, 6.45) is 2.10. The van der Waals surface area contributed by atoms with Crippen LogP contribution in [0.25, 0.3) is 0 Å². The lowest BCUT2D eigenvalue weighted by atomic mass is 9.75. The van der Waals surface area contributed by atoms with Crippen LogP contribution in [-0.2, 0) is 11.2 Å². The summed E-state index contributed by atoms with van der Waals surface area (Å²) < 4.78 is 11.2. The van der Waals surface area contributed by atoms with Gasteiger partial charge in [-0.2, -0.15) is 0 Å². The maximum atomic E-state index is 13.0. The van der Waals surface area contributed by atoms with Gasteiger partial charge in [0.25, 0.3) is 0 Å². The number of carbonyl (C=O) groups excluding carboxylic acids is 1. The number of rotatable bonds is 8. The van der Waals surface area contributed by atoms with Crippen LogP contribution in [0.4, 0.5) is 0 Å². The van der Waals surface area contributed by atoms with E-state index in [2.05, 4.69) is 27.4 Å². The first-order valence-corrected chi connectivity index (χ1v) is 11.7. The molecule has 2 aromatic heterocycles. The Hall–Kier alpha value is -2.78. The summed E-state index contributed by atoms with van der Waals surface area (Å²) in [6, 6.07) is 7.42. The number of unbranched alkanes of at least 4 members (excludes halogenated alkanes) is 1. The van der Waals surface area contributed by atoms with Crippen molar-refractivity contribution in [1.29, 1.82) is 0 Å². The van der Waals surface area contributed by atoms with Crippen molar-refractivity contribution in [2.75, 3.05) is 7.11 Å². The number of piperidine rings is 1. The predicted octanol–water partition coefficient (Wildman–Crippen LogP) is 3.35. The Morgan fingerprint density at radius 3 is 2.88 bits per heavy atom. The third kappa shape index (κ3) is 4.68. The van der Waals surface area contributed by atoms with Crippen molar-refractivity contribution in [3.63, 3.8) is 0 Å². The normalized spacial score (nSPS) is 23.2. The van der Waals surface area contributed by atoms with E-state index in [9.17, 15) is 9.90 Å². The van der Waals surface area contributed by atoms with E-state index in [-0.39, 0.29) is 23.8 Å². The molecule has 1 aliphatic heterocycles. The van der Waals surface area contributed by atoms with E-state index in [0.29, 0.717) is 18.1 Å². The SMILES string of the molecule is CCCCC1NC(=O)C(c2nnc(Cc3csc(C)n3)o2)C(O)C1c1cccc(OC)c1. The van der Waals surface area contributed by atoms with Crippen LogP contribution < -0.4 is 10.1 Å². The minimum Gasteiger partial charge on any atom is -0.497 e. The molecule has 32 heavy (non-hydrogen) atoms. The molecule has 1 amide bonds. The number of ether oxygens (including phenoxy) is 1. The summed E-state index contributed by atoms with van der Waals surface area (Å²) in [5, 5.41) is 25.6. The lowest BCUT2D eigenvalue weighted by Gasteiger charge is -2.39. The number of nitrogens with one attached hydrogen (secondary N) is 1. The van der Waals surface area contributed by atoms with E-state index < -0.39 is 12.0 Å². The van der Waals surface area contributed by atoms with Gasteiger partial charge in [0.1, 0.15) is 11.7 Å². The topological polar surface area (TPSA) is 110 Å². The number of aliphatic hydroxyl groups is 1. The van der Waals surface area contributed by atoms with Gasteiger partial charge in [-0.1, -0.05) is 31.9 Å². The van der Waals surface area contributed by atoms with Gasteiger partial charge in [-0.15, -0.1) is 21.5 Å². The zero-order valence-electron chi connectivity index (χ0n) is 18.4. The van der Waals surface area contributed by atoms with E-state index >= 15 is 0 Å². The second-order valence-corrected chi connectivity index (χ2v) is 9.16. The molecular weight excluding hydrogens is 428 g/mol. The number of aliphatic hydroxyl groups excluding tert-OH is 1. The van der Waals surface area contributed by atoms with Crippen LogP contribution in [0, 0.1) is 6.92 Å². The highest BCUT2D eigenvalue weighted by molar-refractivity contribution is 7.09. The largest absolute Gasteiger partial charge is 0.497 e. The highest BCUT2D eigenvalue weighted by Crippen LogP contribution is 2.39. The van der Waals surface area contributed by atoms with Gasteiger partial charge in [0.15, 0.2) is 0 Å². The maximum absolute atomic E-state index is 13.0. The first kappa shape index (κ1) is 22.4. The van der Waals surface area contributed by atoms with E-state index in [1.54, 1.807) is 18.4 Å². The van der Waals surface area contributed by atoms with E-state index in [1.165, 1.54) is 0 Å².